The molecule has 3 aromatic rings. The van der Waals surface area contributed by atoms with Crippen LogP contribution in [0.4, 0.5) is 0 Å². The molecule has 0 saturated carbocycles. The Morgan fingerprint density at radius 2 is 1.50 bits per heavy atom. The zero-order valence-electron chi connectivity index (χ0n) is 19.3. The number of methoxy groups -OCH3 is 1. The molecule has 2 aromatic carbocycles. The molecule has 0 atom stereocenters. The normalized spacial score (nSPS) is 10.4. The van der Waals surface area contributed by atoms with Crippen LogP contribution in [0, 0.1) is 0 Å². The summed E-state index contributed by atoms with van der Waals surface area (Å²) in [6.45, 7) is 15.7. The maximum Gasteiger partial charge on any atom is 0.197 e. The van der Waals surface area contributed by atoms with Crippen LogP contribution < -0.4 is 24.4 Å². The topological polar surface area (TPSA) is 67.1 Å². The average molecular weight is 461 g/mol. The van der Waals surface area contributed by atoms with E-state index in [1.165, 1.54) is 6.07 Å². The molecular weight excluding hydrogens is 432 g/mol. The van der Waals surface area contributed by atoms with Gasteiger partial charge in [0.25, 0.3) is 0 Å². The van der Waals surface area contributed by atoms with E-state index in [1.54, 1.807) is 55.7 Å². The number of allylic oxidation sites excluding steroid dienone is 1. The monoisotopic (exact) mass is 460 g/mol. The largest absolute Gasteiger partial charge is 0.493 e. The third-order valence-corrected chi connectivity index (χ3v) is 4.89. The van der Waals surface area contributed by atoms with Crippen molar-refractivity contribution in [2.24, 2.45) is 0 Å². The molecule has 6 nitrogen and oxygen atoms in total. The van der Waals surface area contributed by atoms with Crippen LogP contribution in [0.5, 0.6) is 23.0 Å². The maximum atomic E-state index is 13.3. The zero-order valence-corrected chi connectivity index (χ0v) is 19.3. The first-order chi connectivity index (χ1) is 16.6. The van der Waals surface area contributed by atoms with Gasteiger partial charge in [0.15, 0.2) is 16.9 Å². The fourth-order valence-electron chi connectivity index (χ4n) is 3.46. The summed E-state index contributed by atoms with van der Waals surface area (Å²) in [5.41, 5.74) is 1.44. The third-order valence-electron chi connectivity index (χ3n) is 4.89. The quantitative estimate of drug-likeness (QED) is 0.296. The highest BCUT2D eigenvalue weighted by Gasteiger charge is 2.20. The summed E-state index contributed by atoms with van der Waals surface area (Å²) in [5, 5.41) is 0.324. The number of ether oxygens (including phenoxy) is 4. The van der Waals surface area contributed by atoms with Gasteiger partial charge in [-0.25, -0.2) is 0 Å². The summed E-state index contributed by atoms with van der Waals surface area (Å²) in [5.74, 6) is 2.35. The molecule has 1 aromatic heterocycles. The minimum Gasteiger partial charge on any atom is -0.493 e. The molecule has 0 N–H and O–H groups in total. The SMILES string of the molecule is C=CCOc1cc(-c2cc(=O)c3c(OCC=C)c(CC=C)c(OCC=C)cc3o2)ccc1OC. The van der Waals surface area contributed by atoms with Gasteiger partial charge in [0.2, 0.25) is 0 Å². The minimum atomic E-state index is -0.250. The highest BCUT2D eigenvalue weighted by atomic mass is 16.5. The van der Waals surface area contributed by atoms with E-state index in [-0.39, 0.29) is 18.6 Å². The smallest absolute Gasteiger partial charge is 0.197 e. The number of rotatable bonds is 13. The molecule has 0 amide bonds. The van der Waals surface area contributed by atoms with Crippen LogP contribution >= 0.6 is 0 Å². The first kappa shape index (κ1) is 24.5. The molecule has 3 rings (SSSR count). The summed E-state index contributed by atoms with van der Waals surface area (Å²) in [7, 11) is 1.56. The van der Waals surface area contributed by atoms with Gasteiger partial charge in [-0.1, -0.05) is 44.0 Å². The average Bonchev–Trinajstić information content (AvgIpc) is 2.85. The van der Waals surface area contributed by atoms with E-state index >= 15 is 0 Å². The van der Waals surface area contributed by atoms with Crippen molar-refractivity contribution in [3.8, 4) is 34.3 Å². The van der Waals surface area contributed by atoms with Gasteiger partial charge in [0.1, 0.15) is 48.0 Å². The Kier molecular flexibility index (Phi) is 8.35. The van der Waals surface area contributed by atoms with Gasteiger partial charge in [-0.15, -0.1) is 6.58 Å². The van der Waals surface area contributed by atoms with Crippen molar-refractivity contribution in [1.82, 2.24) is 0 Å². The third kappa shape index (κ3) is 5.23. The molecule has 0 bridgehead atoms. The fraction of sp³-hybridized carbons (Fsp3) is 0.179. The molecule has 0 saturated heterocycles. The Morgan fingerprint density at radius 3 is 2.15 bits per heavy atom. The lowest BCUT2D eigenvalue weighted by Gasteiger charge is -2.17. The standard InChI is InChI=1S/C28H28O6/c1-6-10-20-24(31-13-7-2)18-26-27(28(20)33-15-9-4)21(29)17-23(34-26)19-11-12-22(30-5)25(16-19)32-14-8-3/h6-9,11-12,16-18H,1-4,10,13-15H2,5H3. The second-order valence-electron chi connectivity index (χ2n) is 7.19. The predicted octanol–water partition coefficient (Wildman–Crippen LogP) is 5.89. The highest BCUT2D eigenvalue weighted by molar-refractivity contribution is 5.88. The van der Waals surface area contributed by atoms with Crippen LogP contribution in [0.15, 0.2) is 90.2 Å². The van der Waals surface area contributed by atoms with Gasteiger partial charge >= 0.3 is 0 Å². The van der Waals surface area contributed by atoms with Crippen molar-refractivity contribution in [3.05, 3.63) is 96.7 Å². The van der Waals surface area contributed by atoms with E-state index in [4.69, 9.17) is 23.4 Å². The molecule has 176 valence electrons. The van der Waals surface area contributed by atoms with Crippen molar-refractivity contribution in [2.75, 3.05) is 26.9 Å². The van der Waals surface area contributed by atoms with Gasteiger partial charge < -0.3 is 23.4 Å². The Morgan fingerprint density at radius 1 is 0.824 bits per heavy atom. The van der Waals surface area contributed by atoms with Crippen LogP contribution in [-0.2, 0) is 6.42 Å². The Balaban J connectivity index is 2.24. The second kappa shape index (κ2) is 11.6. The molecule has 0 aliphatic rings. The molecule has 0 aliphatic carbocycles. The van der Waals surface area contributed by atoms with Gasteiger partial charge in [-0.2, -0.15) is 0 Å². The Hall–Kier alpha value is -4.19. The molecule has 0 radical (unpaired) electrons. The van der Waals surface area contributed by atoms with Crippen molar-refractivity contribution in [3.63, 3.8) is 0 Å². The molecule has 1 heterocycles. The van der Waals surface area contributed by atoms with Crippen LogP contribution in [0.3, 0.4) is 0 Å². The lowest BCUT2D eigenvalue weighted by Crippen LogP contribution is -2.09. The maximum absolute atomic E-state index is 13.3. The molecule has 34 heavy (non-hydrogen) atoms. The lowest BCUT2D eigenvalue weighted by molar-refractivity contribution is 0.326. The summed E-state index contributed by atoms with van der Waals surface area (Å²) < 4.78 is 29.0. The van der Waals surface area contributed by atoms with Gasteiger partial charge in [0, 0.05) is 23.3 Å². The first-order valence-electron chi connectivity index (χ1n) is 10.7. The number of benzene rings is 2. The number of hydrogen-bond donors (Lipinski definition) is 0. The van der Waals surface area contributed by atoms with E-state index in [9.17, 15) is 4.79 Å². The van der Waals surface area contributed by atoms with E-state index in [1.807, 2.05) is 0 Å². The molecular formula is C28H28O6. The zero-order chi connectivity index (χ0) is 24.5. The summed E-state index contributed by atoms with van der Waals surface area (Å²) in [4.78, 5) is 13.3. The highest BCUT2D eigenvalue weighted by Crippen LogP contribution is 2.39. The number of fused-ring (bicyclic) bond motifs is 1. The summed E-state index contributed by atoms with van der Waals surface area (Å²) in [6, 6.07) is 8.43. The van der Waals surface area contributed by atoms with Gasteiger partial charge in [-0.05, 0) is 24.6 Å². The second-order valence-corrected chi connectivity index (χ2v) is 7.19. The Bertz CT molecular complexity index is 1270. The van der Waals surface area contributed by atoms with Crippen LogP contribution in [-0.4, -0.2) is 26.9 Å². The number of hydrogen-bond acceptors (Lipinski definition) is 6. The van der Waals surface area contributed by atoms with E-state index in [0.717, 1.165) is 0 Å². The van der Waals surface area contributed by atoms with Crippen LogP contribution in [0.1, 0.15) is 5.56 Å². The van der Waals surface area contributed by atoms with E-state index in [0.29, 0.717) is 63.9 Å². The summed E-state index contributed by atoms with van der Waals surface area (Å²) in [6.07, 6.45) is 7.05. The van der Waals surface area contributed by atoms with E-state index in [2.05, 4.69) is 26.3 Å². The first-order valence-corrected chi connectivity index (χ1v) is 10.7. The van der Waals surface area contributed by atoms with Crippen LogP contribution in [0.2, 0.25) is 0 Å². The molecule has 0 fully saturated rings. The molecule has 0 spiro atoms. The fourth-order valence-corrected chi connectivity index (χ4v) is 3.46. The van der Waals surface area contributed by atoms with Crippen molar-refractivity contribution in [2.45, 2.75) is 6.42 Å². The van der Waals surface area contributed by atoms with Gasteiger partial charge in [0.05, 0.1) is 7.11 Å². The molecule has 0 aliphatic heterocycles. The van der Waals surface area contributed by atoms with Gasteiger partial charge in [-0.3, -0.25) is 4.79 Å². The minimum absolute atomic E-state index is 0.216. The summed E-state index contributed by atoms with van der Waals surface area (Å²) >= 11 is 0. The Labute approximate surface area is 199 Å². The predicted molar refractivity (Wildman–Crippen MR) is 135 cm³/mol. The molecule has 0 unspecified atom stereocenters. The van der Waals surface area contributed by atoms with Crippen molar-refractivity contribution >= 4 is 11.0 Å². The van der Waals surface area contributed by atoms with Crippen molar-refractivity contribution in [1.29, 1.82) is 0 Å². The van der Waals surface area contributed by atoms with E-state index < -0.39 is 0 Å². The van der Waals surface area contributed by atoms with Crippen molar-refractivity contribution < 1.29 is 23.4 Å². The molecule has 6 heteroatoms. The van der Waals surface area contributed by atoms with Crippen LogP contribution in [0.25, 0.3) is 22.3 Å². The lowest BCUT2D eigenvalue weighted by atomic mass is 10.0.